The Bertz CT molecular complexity index is 457. The number of halogens is 1. The topological polar surface area (TPSA) is 41.1 Å². The van der Waals surface area contributed by atoms with Crippen LogP contribution in [0, 0.1) is 0 Å². The Morgan fingerprint density at radius 2 is 2.05 bits per heavy atom. The number of piperidine rings is 1. The van der Waals surface area contributed by atoms with Crippen molar-refractivity contribution < 1.29 is 4.79 Å². The van der Waals surface area contributed by atoms with Gasteiger partial charge in [0.1, 0.15) is 0 Å². The van der Waals surface area contributed by atoms with Crippen LogP contribution < -0.4 is 10.6 Å². The highest BCUT2D eigenvalue weighted by atomic mass is 35.5. The molecule has 0 aromatic heterocycles. The van der Waals surface area contributed by atoms with Gasteiger partial charge < -0.3 is 10.6 Å². The van der Waals surface area contributed by atoms with Gasteiger partial charge in [-0.1, -0.05) is 30.3 Å². The fraction of sp³-hybridized carbons (Fsp3) is 0.562. The number of benzene rings is 1. The highest BCUT2D eigenvalue weighted by Crippen LogP contribution is 2.41. The Morgan fingerprint density at radius 1 is 1.30 bits per heavy atom. The molecule has 1 saturated carbocycles. The second-order valence-corrected chi connectivity index (χ2v) is 6.05. The molecule has 1 aliphatic heterocycles. The minimum atomic E-state index is -0.359. The minimum Gasteiger partial charge on any atom is -0.351 e. The molecule has 110 valence electrons. The molecular formula is C16H23ClN2O. The Kier molecular flexibility index (Phi) is 4.71. The summed E-state index contributed by atoms with van der Waals surface area (Å²) < 4.78 is 0. The highest BCUT2D eigenvalue weighted by Gasteiger charge is 2.43. The second kappa shape index (κ2) is 6.15. The van der Waals surface area contributed by atoms with Crippen molar-refractivity contribution in [2.45, 2.75) is 50.1 Å². The lowest BCUT2D eigenvalue weighted by Crippen LogP contribution is -2.57. The van der Waals surface area contributed by atoms with Crippen LogP contribution in [0.3, 0.4) is 0 Å². The van der Waals surface area contributed by atoms with Crippen molar-refractivity contribution in [2.75, 3.05) is 6.54 Å². The summed E-state index contributed by atoms with van der Waals surface area (Å²) in [5.41, 5.74) is 0.983. The maximum absolute atomic E-state index is 12.4. The van der Waals surface area contributed by atoms with E-state index in [0.717, 1.165) is 25.8 Å². The molecular weight excluding hydrogens is 272 g/mol. The van der Waals surface area contributed by atoms with E-state index in [9.17, 15) is 4.79 Å². The summed E-state index contributed by atoms with van der Waals surface area (Å²) in [6.07, 6.45) is 4.34. The quantitative estimate of drug-likeness (QED) is 0.900. The zero-order chi connectivity index (χ0) is 13.3. The van der Waals surface area contributed by atoms with Crippen molar-refractivity contribution in [3.63, 3.8) is 0 Å². The summed E-state index contributed by atoms with van der Waals surface area (Å²) in [6, 6.07) is 10.8. The molecule has 2 N–H and O–H groups in total. The first kappa shape index (κ1) is 15.3. The maximum atomic E-state index is 12.4. The van der Waals surface area contributed by atoms with Gasteiger partial charge in [-0.3, -0.25) is 4.79 Å². The van der Waals surface area contributed by atoms with Crippen LogP contribution in [0.15, 0.2) is 30.3 Å². The molecule has 20 heavy (non-hydrogen) atoms. The Labute approximate surface area is 126 Å². The summed E-state index contributed by atoms with van der Waals surface area (Å²) >= 11 is 0. The highest BCUT2D eigenvalue weighted by molar-refractivity contribution is 5.86. The van der Waals surface area contributed by atoms with E-state index in [1.54, 1.807) is 0 Å². The van der Waals surface area contributed by atoms with E-state index < -0.39 is 0 Å². The molecule has 1 heterocycles. The second-order valence-electron chi connectivity index (χ2n) is 6.05. The zero-order valence-electron chi connectivity index (χ0n) is 11.9. The van der Waals surface area contributed by atoms with Crippen LogP contribution in [0.4, 0.5) is 0 Å². The Hall–Kier alpha value is -1.06. The maximum Gasteiger partial charge on any atom is 0.240 e. The molecule has 2 aliphatic rings. The molecule has 1 aliphatic carbocycles. The standard InChI is InChI=1S/C16H22N2O.ClH/c1-16(9-5-6-10-17-16)15(19)18-14-11-13(14)12-7-3-2-4-8-12;/h2-4,7-8,13-14,17H,5-6,9-11H2,1H3,(H,18,19);1H. The van der Waals surface area contributed by atoms with E-state index in [1.165, 1.54) is 12.0 Å². The third kappa shape index (κ3) is 3.15. The molecule has 1 aromatic rings. The van der Waals surface area contributed by atoms with Gasteiger partial charge in [-0.05, 0) is 44.7 Å². The van der Waals surface area contributed by atoms with Crippen molar-refractivity contribution in [1.82, 2.24) is 10.6 Å². The van der Waals surface area contributed by atoms with Crippen molar-refractivity contribution in [1.29, 1.82) is 0 Å². The van der Waals surface area contributed by atoms with Gasteiger partial charge in [0.2, 0.25) is 5.91 Å². The van der Waals surface area contributed by atoms with Crippen molar-refractivity contribution in [2.24, 2.45) is 0 Å². The van der Waals surface area contributed by atoms with Gasteiger partial charge in [-0.25, -0.2) is 0 Å². The van der Waals surface area contributed by atoms with E-state index in [2.05, 4.69) is 34.9 Å². The summed E-state index contributed by atoms with van der Waals surface area (Å²) in [5.74, 6) is 0.688. The minimum absolute atomic E-state index is 0. The van der Waals surface area contributed by atoms with Crippen LogP contribution in [0.5, 0.6) is 0 Å². The van der Waals surface area contributed by atoms with Crippen LogP contribution in [0.2, 0.25) is 0 Å². The van der Waals surface area contributed by atoms with Crippen molar-refractivity contribution >= 4 is 18.3 Å². The molecule has 1 aromatic carbocycles. The fourth-order valence-electron chi connectivity index (χ4n) is 3.00. The van der Waals surface area contributed by atoms with Gasteiger partial charge in [-0.15, -0.1) is 12.4 Å². The van der Waals surface area contributed by atoms with Gasteiger partial charge in [0, 0.05) is 12.0 Å². The smallest absolute Gasteiger partial charge is 0.240 e. The Morgan fingerprint density at radius 3 is 2.70 bits per heavy atom. The molecule has 0 spiro atoms. The SMILES string of the molecule is CC1(C(=O)NC2CC2c2ccccc2)CCCCN1.Cl. The van der Waals surface area contributed by atoms with Crippen LogP contribution in [0.25, 0.3) is 0 Å². The average Bonchev–Trinajstić information content (AvgIpc) is 3.20. The third-order valence-corrected chi connectivity index (χ3v) is 4.45. The summed E-state index contributed by atoms with van der Waals surface area (Å²) in [7, 11) is 0. The summed E-state index contributed by atoms with van der Waals surface area (Å²) in [4.78, 5) is 12.4. The van der Waals surface area contributed by atoms with Gasteiger partial charge in [0.25, 0.3) is 0 Å². The lowest BCUT2D eigenvalue weighted by atomic mass is 9.90. The lowest BCUT2D eigenvalue weighted by molar-refractivity contribution is -0.128. The van der Waals surface area contributed by atoms with E-state index in [4.69, 9.17) is 0 Å². The monoisotopic (exact) mass is 294 g/mol. The van der Waals surface area contributed by atoms with Gasteiger partial charge in [0.05, 0.1) is 5.54 Å². The molecule has 0 radical (unpaired) electrons. The largest absolute Gasteiger partial charge is 0.351 e. The fourth-order valence-corrected chi connectivity index (χ4v) is 3.00. The summed E-state index contributed by atoms with van der Waals surface area (Å²) in [5, 5.41) is 6.58. The number of carbonyl (C=O) groups is 1. The molecule has 3 rings (SSSR count). The molecule has 1 amide bonds. The van der Waals surface area contributed by atoms with Crippen LogP contribution in [0.1, 0.15) is 44.1 Å². The van der Waals surface area contributed by atoms with Gasteiger partial charge in [0.15, 0.2) is 0 Å². The molecule has 0 bridgehead atoms. The third-order valence-electron chi connectivity index (χ3n) is 4.45. The van der Waals surface area contributed by atoms with Crippen molar-refractivity contribution in [3.05, 3.63) is 35.9 Å². The normalized spacial score (nSPS) is 32.0. The molecule has 4 heteroatoms. The molecule has 1 saturated heterocycles. The van der Waals surface area contributed by atoms with Crippen molar-refractivity contribution in [3.8, 4) is 0 Å². The molecule has 3 unspecified atom stereocenters. The van der Waals surface area contributed by atoms with E-state index in [1.807, 2.05) is 13.0 Å². The number of rotatable bonds is 3. The lowest BCUT2D eigenvalue weighted by Gasteiger charge is -2.33. The van der Waals surface area contributed by atoms with Crippen LogP contribution >= 0.6 is 12.4 Å². The van der Waals surface area contributed by atoms with Crippen LogP contribution in [-0.4, -0.2) is 24.0 Å². The molecule has 3 nitrogen and oxygen atoms in total. The van der Waals surface area contributed by atoms with Gasteiger partial charge >= 0.3 is 0 Å². The van der Waals surface area contributed by atoms with E-state index in [0.29, 0.717) is 12.0 Å². The number of hydrogen-bond acceptors (Lipinski definition) is 2. The Balaban J connectivity index is 0.00000147. The first-order valence-corrected chi connectivity index (χ1v) is 7.30. The van der Waals surface area contributed by atoms with E-state index >= 15 is 0 Å². The molecule has 2 fully saturated rings. The number of hydrogen-bond donors (Lipinski definition) is 2. The molecule has 3 atom stereocenters. The number of nitrogens with one attached hydrogen (secondary N) is 2. The predicted molar refractivity (Wildman–Crippen MR) is 83.2 cm³/mol. The van der Waals surface area contributed by atoms with E-state index in [-0.39, 0.29) is 23.9 Å². The van der Waals surface area contributed by atoms with Crippen LogP contribution in [-0.2, 0) is 4.79 Å². The summed E-state index contributed by atoms with van der Waals surface area (Å²) in [6.45, 7) is 2.98. The zero-order valence-corrected chi connectivity index (χ0v) is 12.7. The van der Waals surface area contributed by atoms with Gasteiger partial charge in [-0.2, -0.15) is 0 Å². The predicted octanol–water partition coefficient (Wildman–Crippen LogP) is 2.61. The first-order valence-electron chi connectivity index (χ1n) is 7.30. The average molecular weight is 295 g/mol. The number of amides is 1. The first-order chi connectivity index (χ1) is 9.19. The number of carbonyl (C=O) groups excluding carboxylic acids is 1.